The summed E-state index contributed by atoms with van der Waals surface area (Å²) >= 11 is 0. The first-order valence-corrected chi connectivity index (χ1v) is 17.0. The van der Waals surface area contributed by atoms with Crippen molar-refractivity contribution in [2.45, 2.75) is 25.3 Å². The molecule has 0 fully saturated rings. The summed E-state index contributed by atoms with van der Waals surface area (Å²) in [5.74, 6) is 0. The van der Waals surface area contributed by atoms with Crippen LogP contribution in [0, 0.1) is 0 Å². The van der Waals surface area contributed by atoms with Crippen LogP contribution < -0.4 is 0 Å². The molecule has 2 aliphatic carbocycles. The molecule has 234 valence electrons. The van der Waals surface area contributed by atoms with Gasteiger partial charge < -0.3 is 4.57 Å². The van der Waals surface area contributed by atoms with Crippen LogP contribution in [-0.2, 0) is 0 Å². The first-order valence-electron chi connectivity index (χ1n) is 17.0. The second-order valence-electron chi connectivity index (χ2n) is 12.8. The minimum atomic E-state index is 0.120. The van der Waals surface area contributed by atoms with Gasteiger partial charge in [0.2, 0.25) is 0 Å². The second-order valence-corrected chi connectivity index (χ2v) is 12.8. The molecule has 1 unspecified atom stereocenters. The van der Waals surface area contributed by atoms with Gasteiger partial charge in [-0.25, -0.2) is 0 Å². The molecule has 4 aromatic heterocycles. The van der Waals surface area contributed by atoms with Crippen molar-refractivity contribution in [1.82, 2.24) is 19.5 Å². The van der Waals surface area contributed by atoms with Crippen molar-refractivity contribution in [1.29, 1.82) is 0 Å². The second kappa shape index (κ2) is 12.5. The Labute approximate surface area is 286 Å². The van der Waals surface area contributed by atoms with Gasteiger partial charge in [0.05, 0.1) is 23.1 Å². The molecule has 0 aliphatic heterocycles. The summed E-state index contributed by atoms with van der Waals surface area (Å²) < 4.78 is 2.59. The number of hydrogen-bond donors (Lipinski definition) is 0. The number of fused-ring (bicyclic) bond motifs is 3. The highest BCUT2D eigenvalue weighted by Crippen LogP contribution is 2.45. The molecule has 0 amide bonds. The van der Waals surface area contributed by atoms with Crippen LogP contribution in [0.15, 0.2) is 175 Å². The van der Waals surface area contributed by atoms with Gasteiger partial charge in [-0.1, -0.05) is 91.0 Å². The van der Waals surface area contributed by atoms with Crippen LogP contribution in [0.5, 0.6) is 0 Å². The zero-order valence-electron chi connectivity index (χ0n) is 27.1. The van der Waals surface area contributed by atoms with Gasteiger partial charge in [0.25, 0.3) is 0 Å². The van der Waals surface area contributed by atoms with Crippen molar-refractivity contribution in [2.24, 2.45) is 0 Å². The number of aromatic nitrogens is 4. The standard InChI is InChI=1S/C45H34N4/c1-2-13-43-38(9-1)39-29-36(42-12-5-8-28-48-42)23-25-44(39)49(43)45-30-35(31-14-18-33(19-15-31)40-10-3-6-26-46-40)22-24-37(45)32-16-20-34(21-17-32)41-11-4-7-27-47-41/h1-16,18-20,22-29,45H,17,21,30H2. The molecule has 0 saturated heterocycles. The normalized spacial score (nSPS) is 16.2. The van der Waals surface area contributed by atoms with E-state index in [2.05, 4.69) is 141 Å². The Morgan fingerprint density at radius 3 is 1.71 bits per heavy atom. The number of para-hydroxylation sites is 1. The van der Waals surface area contributed by atoms with E-state index >= 15 is 0 Å². The predicted octanol–water partition coefficient (Wildman–Crippen LogP) is 11.1. The van der Waals surface area contributed by atoms with E-state index in [-0.39, 0.29) is 6.04 Å². The van der Waals surface area contributed by atoms with Gasteiger partial charge in [0.15, 0.2) is 0 Å². The summed E-state index contributed by atoms with van der Waals surface area (Å²) in [4.78, 5) is 13.8. The van der Waals surface area contributed by atoms with E-state index in [1.807, 2.05) is 42.9 Å². The highest BCUT2D eigenvalue weighted by molar-refractivity contribution is 6.09. The summed E-state index contributed by atoms with van der Waals surface area (Å²) in [6.07, 6.45) is 17.8. The average Bonchev–Trinajstić information content (AvgIpc) is 3.52. The monoisotopic (exact) mass is 630 g/mol. The van der Waals surface area contributed by atoms with Crippen molar-refractivity contribution in [2.75, 3.05) is 0 Å². The molecule has 3 aromatic carbocycles. The van der Waals surface area contributed by atoms with Gasteiger partial charge in [-0.15, -0.1) is 0 Å². The van der Waals surface area contributed by atoms with Gasteiger partial charge >= 0.3 is 0 Å². The number of hydrogen-bond acceptors (Lipinski definition) is 3. The van der Waals surface area contributed by atoms with Crippen LogP contribution in [-0.4, -0.2) is 19.5 Å². The first kappa shape index (κ1) is 29.0. The summed E-state index contributed by atoms with van der Waals surface area (Å²) in [6.45, 7) is 0. The Hall–Kier alpha value is -6.13. The topological polar surface area (TPSA) is 43.6 Å². The number of pyridine rings is 3. The van der Waals surface area contributed by atoms with E-state index < -0.39 is 0 Å². The Balaban J connectivity index is 1.17. The highest BCUT2D eigenvalue weighted by Gasteiger charge is 2.28. The molecule has 0 radical (unpaired) electrons. The Morgan fingerprint density at radius 1 is 0.449 bits per heavy atom. The molecule has 4 heterocycles. The predicted molar refractivity (Wildman–Crippen MR) is 202 cm³/mol. The van der Waals surface area contributed by atoms with Crippen molar-refractivity contribution >= 4 is 33.0 Å². The number of rotatable bonds is 6. The summed E-state index contributed by atoms with van der Waals surface area (Å²) in [5.41, 5.74) is 14.4. The fourth-order valence-corrected chi connectivity index (χ4v) is 7.52. The molecule has 0 bridgehead atoms. The van der Waals surface area contributed by atoms with E-state index in [9.17, 15) is 0 Å². The number of nitrogens with zero attached hydrogens (tertiary/aromatic N) is 4. The molecular weight excluding hydrogens is 597 g/mol. The van der Waals surface area contributed by atoms with Crippen LogP contribution in [0.4, 0.5) is 0 Å². The third-order valence-electron chi connectivity index (χ3n) is 9.95. The van der Waals surface area contributed by atoms with E-state index in [0.717, 1.165) is 47.5 Å². The lowest BCUT2D eigenvalue weighted by Gasteiger charge is -2.31. The largest absolute Gasteiger partial charge is 0.332 e. The lowest BCUT2D eigenvalue weighted by Crippen LogP contribution is -2.17. The zero-order chi connectivity index (χ0) is 32.6. The molecule has 0 saturated carbocycles. The van der Waals surface area contributed by atoms with Gasteiger partial charge in [0, 0.05) is 51.5 Å². The SMILES string of the molecule is C1=C(C2=CC=C(c3ccc(-c4ccccn4)cc3)CC2n2c3ccccc3c3cc(-c4ccccn4)ccc32)CCC(c2ccccn2)=C1. The van der Waals surface area contributed by atoms with Crippen LogP contribution in [0.2, 0.25) is 0 Å². The van der Waals surface area contributed by atoms with Crippen LogP contribution in [0.1, 0.15) is 36.6 Å². The van der Waals surface area contributed by atoms with Crippen LogP contribution in [0.3, 0.4) is 0 Å². The van der Waals surface area contributed by atoms with E-state index in [0.29, 0.717) is 0 Å². The maximum atomic E-state index is 4.66. The Bertz CT molecular complexity index is 2430. The Kier molecular flexibility index (Phi) is 7.39. The van der Waals surface area contributed by atoms with Gasteiger partial charge in [0.1, 0.15) is 0 Å². The smallest absolute Gasteiger partial charge is 0.0702 e. The van der Waals surface area contributed by atoms with E-state index in [1.165, 1.54) is 49.7 Å². The lowest BCUT2D eigenvalue weighted by molar-refractivity contribution is 0.619. The molecule has 49 heavy (non-hydrogen) atoms. The summed E-state index contributed by atoms with van der Waals surface area (Å²) in [7, 11) is 0. The molecule has 0 spiro atoms. The maximum absolute atomic E-state index is 4.66. The molecule has 4 nitrogen and oxygen atoms in total. The van der Waals surface area contributed by atoms with Crippen LogP contribution in [0.25, 0.3) is 55.5 Å². The number of allylic oxidation sites excluding steroid dienone is 8. The first-order chi connectivity index (χ1) is 24.3. The molecule has 1 atom stereocenters. The van der Waals surface area contributed by atoms with Crippen molar-refractivity contribution < 1.29 is 0 Å². The third kappa shape index (κ3) is 5.41. The highest BCUT2D eigenvalue weighted by atomic mass is 15.0. The fraction of sp³-hybridized carbons (Fsp3) is 0.0889. The van der Waals surface area contributed by atoms with Gasteiger partial charge in [-0.2, -0.15) is 0 Å². The lowest BCUT2D eigenvalue weighted by atomic mass is 9.82. The van der Waals surface area contributed by atoms with Crippen molar-refractivity contribution in [3.8, 4) is 22.5 Å². The zero-order valence-corrected chi connectivity index (χ0v) is 27.1. The maximum Gasteiger partial charge on any atom is 0.0702 e. The quantitative estimate of drug-likeness (QED) is 0.184. The minimum Gasteiger partial charge on any atom is -0.332 e. The summed E-state index contributed by atoms with van der Waals surface area (Å²) in [6, 6.07) is 43.0. The van der Waals surface area contributed by atoms with Crippen molar-refractivity contribution in [3.05, 3.63) is 187 Å². The summed E-state index contributed by atoms with van der Waals surface area (Å²) in [5, 5.41) is 2.52. The molecule has 9 rings (SSSR count). The van der Waals surface area contributed by atoms with E-state index in [4.69, 9.17) is 0 Å². The Morgan fingerprint density at radius 2 is 1.02 bits per heavy atom. The average molecular weight is 631 g/mol. The molecule has 4 heteroatoms. The van der Waals surface area contributed by atoms with Crippen LogP contribution >= 0.6 is 0 Å². The fourth-order valence-electron chi connectivity index (χ4n) is 7.52. The molecule has 2 aliphatic rings. The molecule has 0 N–H and O–H groups in total. The van der Waals surface area contributed by atoms with Gasteiger partial charge in [-0.05, 0) is 102 Å². The third-order valence-corrected chi connectivity index (χ3v) is 9.95. The van der Waals surface area contributed by atoms with Gasteiger partial charge in [-0.3, -0.25) is 15.0 Å². The van der Waals surface area contributed by atoms with Crippen molar-refractivity contribution in [3.63, 3.8) is 0 Å². The minimum absolute atomic E-state index is 0.120. The number of benzene rings is 3. The molecule has 7 aromatic rings. The molecular formula is C45H34N4. The van der Waals surface area contributed by atoms with E-state index in [1.54, 1.807) is 0 Å².